The van der Waals surface area contributed by atoms with Crippen molar-refractivity contribution in [1.82, 2.24) is 4.90 Å². The Morgan fingerprint density at radius 3 is 2.57 bits per heavy atom. The molecule has 1 amide bonds. The fourth-order valence-corrected chi connectivity index (χ4v) is 1.79. The number of hydrogen-bond acceptors (Lipinski definition) is 3. The Kier molecular flexibility index (Phi) is 5.37. The van der Waals surface area contributed by atoms with E-state index in [9.17, 15) is 4.79 Å². The van der Waals surface area contributed by atoms with Crippen molar-refractivity contribution >= 4 is 6.09 Å². The number of hydrogen-bond donors (Lipinski definition) is 1. The molecule has 0 aromatic heterocycles. The SMILES string of the molecule is NC(=O)OCCCCCN1CCCC1. The summed E-state index contributed by atoms with van der Waals surface area (Å²) in [4.78, 5) is 12.7. The first-order valence-corrected chi connectivity index (χ1v) is 5.43. The molecule has 0 atom stereocenters. The summed E-state index contributed by atoms with van der Waals surface area (Å²) in [6.07, 6.45) is 5.28. The molecule has 4 nitrogen and oxygen atoms in total. The Morgan fingerprint density at radius 2 is 1.93 bits per heavy atom. The molecule has 82 valence electrons. The van der Waals surface area contributed by atoms with E-state index in [4.69, 9.17) is 5.73 Å². The quantitative estimate of drug-likeness (QED) is 0.658. The number of amides is 1. The molecule has 1 fully saturated rings. The third-order valence-electron chi connectivity index (χ3n) is 2.56. The zero-order valence-corrected chi connectivity index (χ0v) is 8.71. The highest BCUT2D eigenvalue weighted by Crippen LogP contribution is 2.08. The van der Waals surface area contributed by atoms with Crippen LogP contribution in [0.1, 0.15) is 32.1 Å². The molecule has 4 heteroatoms. The summed E-state index contributed by atoms with van der Waals surface area (Å²) in [5.74, 6) is 0. The molecule has 0 unspecified atom stereocenters. The average molecular weight is 200 g/mol. The van der Waals surface area contributed by atoms with Gasteiger partial charge in [-0.25, -0.2) is 4.79 Å². The number of ether oxygens (including phenoxy) is 1. The maximum atomic E-state index is 10.2. The van der Waals surface area contributed by atoms with Crippen LogP contribution < -0.4 is 5.73 Å². The Morgan fingerprint density at radius 1 is 1.21 bits per heavy atom. The van der Waals surface area contributed by atoms with Crippen LogP contribution in [0.5, 0.6) is 0 Å². The van der Waals surface area contributed by atoms with Crippen molar-refractivity contribution in [3.05, 3.63) is 0 Å². The van der Waals surface area contributed by atoms with Gasteiger partial charge in [-0.05, 0) is 51.7 Å². The van der Waals surface area contributed by atoms with E-state index >= 15 is 0 Å². The van der Waals surface area contributed by atoms with Crippen molar-refractivity contribution in [2.24, 2.45) is 5.73 Å². The average Bonchev–Trinajstić information content (AvgIpc) is 2.63. The van der Waals surface area contributed by atoms with Crippen LogP contribution in [0.15, 0.2) is 0 Å². The Labute approximate surface area is 85.4 Å². The molecule has 0 bridgehead atoms. The maximum Gasteiger partial charge on any atom is 0.404 e. The number of carbonyl (C=O) groups excluding carboxylic acids is 1. The molecule has 1 saturated heterocycles. The van der Waals surface area contributed by atoms with Crippen molar-refractivity contribution in [2.45, 2.75) is 32.1 Å². The summed E-state index contributed by atoms with van der Waals surface area (Å²) in [6.45, 7) is 4.18. The lowest BCUT2D eigenvalue weighted by Crippen LogP contribution is -2.20. The van der Waals surface area contributed by atoms with Crippen molar-refractivity contribution in [3.63, 3.8) is 0 Å². The van der Waals surface area contributed by atoms with E-state index < -0.39 is 6.09 Å². The standard InChI is InChI=1S/C10H20N2O2/c11-10(13)14-9-5-1-2-6-12-7-3-4-8-12/h1-9H2,(H2,11,13). The van der Waals surface area contributed by atoms with Gasteiger partial charge in [-0.15, -0.1) is 0 Å². The Hall–Kier alpha value is -0.770. The fraction of sp³-hybridized carbons (Fsp3) is 0.900. The Bertz CT molecular complexity index is 168. The highest BCUT2D eigenvalue weighted by Gasteiger charge is 2.09. The highest BCUT2D eigenvalue weighted by molar-refractivity contribution is 5.64. The molecule has 0 aromatic carbocycles. The first-order chi connectivity index (χ1) is 6.79. The third kappa shape index (κ3) is 5.07. The van der Waals surface area contributed by atoms with E-state index in [2.05, 4.69) is 9.64 Å². The van der Waals surface area contributed by atoms with E-state index in [-0.39, 0.29) is 0 Å². The van der Waals surface area contributed by atoms with E-state index in [1.165, 1.54) is 38.9 Å². The van der Waals surface area contributed by atoms with Crippen LogP contribution in [-0.2, 0) is 4.74 Å². The summed E-state index contributed by atoms with van der Waals surface area (Å²) in [5.41, 5.74) is 4.84. The van der Waals surface area contributed by atoms with Gasteiger partial charge in [0.2, 0.25) is 0 Å². The number of nitrogens with zero attached hydrogens (tertiary/aromatic N) is 1. The van der Waals surface area contributed by atoms with Crippen LogP contribution in [0.25, 0.3) is 0 Å². The van der Waals surface area contributed by atoms with Gasteiger partial charge in [0.05, 0.1) is 6.61 Å². The molecule has 0 aliphatic carbocycles. The lowest BCUT2D eigenvalue weighted by atomic mass is 10.2. The molecule has 1 rings (SSSR count). The number of rotatable bonds is 6. The lowest BCUT2D eigenvalue weighted by molar-refractivity contribution is 0.154. The predicted molar refractivity (Wildman–Crippen MR) is 55.1 cm³/mol. The largest absolute Gasteiger partial charge is 0.450 e. The molecule has 14 heavy (non-hydrogen) atoms. The van der Waals surface area contributed by atoms with Crippen molar-refractivity contribution < 1.29 is 9.53 Å². The van der Waals surface area contributed by atoms with Crippen LogP contribution in [0.4, 0.5) is 4.79 Å². The molecule has 0 aromatic rings. The molecule has 1 heterocycles. The van der Waals surface area contributed by atoms with Gasteiger partial charge < -0.3 is 15.4 Å². The normalized spacial score (nSPS) is 17.1. The number of unbranched alkanes of at least 4 members (excludes halogenated alkanes) is 2. The van der Waals surface area contributed by atoms with E-state index in [1.54, 1.807) is 0 Å². The second-order valence-electron chi connectivity index (χ2n) is 3.78. The van der Waals surface area contributed by atoms with Crippen LogP contribution in [0.2, 0.25) is 0 Å². The van der Waals surface area contributed by atoms with Crippen molar-refractivity contribution in [1.29, 1.82) is 0 Å². The monoisotopic (exact) mass is 200 g/mol. The highest BCUT2D eigenvalue weighted by atomic mass is 16.5. The van der Waals surface area contributed by atoms with Crippen molar-refractivity contribution in [3.8, 4) is 0 Å². The molecule has 0 radical (unpaired) electrons. The molecular formula is C10H20N2O2. The van der Waals surface area contributed by atoms with E-state index in [1.807, 2.05) is 0 Å². The summed E-state index contributed by atoms with van der Waals surface area (Å²) in [7, 11) is 0. The summed E-state index contributed by atoms with van der Waals surface area (Å²) < 4.78 is 4.64. The minimum Gasteiger partial charge on any atom is -0.450 e. The molecule has 0 spiro atoms. The minimum atomic E-state index is -0.662. The zero-order valence-electron chi connectivity index (χ0n) is 8.71. The van der Waals surface area contributed by atoms with Crippen LogP contribution >= 0.6 is 0 Å². The van der Waals surface area contributed by atoms with Gasteiger partial charge in [-0.1, -0.05) is 0 Å². The van der Waals surface area contributed by atoms with Gasteiger partial charge in [0, 0.05) is 0 Å². The summed E-state index contributed by atoms with van der Waals surface area (Å²) in [5, 5.41) is 0. The molecule has 2 N–H and O–H groups in total. The van der Waals surface area contributed by atoms with E-state index in [0.717, 1.165) is 12.8 Å². The molecule has 0 saturated carbocycles. The Balaban J connectivity index is 1.82. The maximum absolute atomic E-state index is 10.2. The lowest BCUT2D eigenvalue weighted by Gasteiger charge is -2.13. The van der Waals surface area contributed by atoms with Crippen LogP contribution in [0.3, 0.4) is 0 Å². The zero-order chi connectivity index (χ0) is 10.2. The van der Waals surface area contributed by atoms with Crippen molar-refractivity contribution in [2.75, 3.05) is 26.2 Å². The molecule has 1 aliphatic rings. The van der Waals surface area contributed by atoms with Gasteiger partial charge in [0.1, 0.15) is 0 Å². The van der Waals surface area contributed by atoms with Gasteiger partial charge in [-0.2, -0.15) is 0 Å². The van der Waals surface area contributed by atoms with Gasteiger partial charge in [0.15, 0.2) is 0 Å². The smallest absolute Gasteiger partial charge is 0.404 e. The van der Waals surface area contributed by atoms with E-state index in [0.29, 0.717) is 6.61 Å². The molecular weight excluding hydrogens is 180 g/mol. The van der Waals surface area contributed by atoms with Gasteiger partial charge >= 0.3 is 6.09 Å². The predicted octanol–water partition coefficient (Wildman–Crippen LogP) is 1.35. The number of primary amides is 1. The first kappa shape index (κ1) is 11.3. The second-order valence-corrected chi connectivity index (χ2v) is 3.78. The number of nitrogens with two attached hydrogens (primary N) is 1. The number of carbonyl (C=O) groups is 1. The number of likely N-dealkylation sites (tertiary alicyclic amines) is 1. The second kappa shape index (κ2) is 6.65. The molecule has 1 aliphatic heterocycles. The fourth-order valence-electron chi connectivity index (χ4n) is 1.79. The first-order valence-electron chi connectivity index (χ1n) is 5.43. The topological polar surface area (TPSA) is 55.6 Å². The summed E-state index contributed by atoms with van der Waals surface area (Å²) >= 11 is 0. The van der Waals surface area contributed by atoms with Crippen LogP contribution in [-0.4, -0.2) is 37.2 Å². The van der Waals surface area contributed by atoms with Gasteiger partial charge in [0.25, 0.3) is 0 Å². The van der Waals surface area contributed by atoms with Gasteiger partial charge in [-0.3, -0.25) is 0 Å². The van der Waals surface area contributed by atoms with Crippen LogP contribution in [0, 0.1) is 0 Å². The minimum absolute atomic E-state index is 0.468. The summed E-state index contributed by atoms with van der Waals surface area (Å²) in [6, 6.07) is 0. The third-order valence-corrected chi connectivity index (χ3v) is 2.56.